The molecule has 24 heavy (non-hydrogen) atoms. The van der Waals surface area contributed by atoms with Gasteiger partial charge in [0, 0.05) is 19.0 Å². The maximum absolute atomic E-state index is 12.5. The van der Waals surface area contributed by atoms with E-state index in [1.165, 1.54) is 6.26 Å². The van der Waals surface area contributed by atoms with Gasteiger partial charge in [-0.25, -0.2) is 0 Å². The Morgan fingerprint density at radius 1 is 1.33 bits per heavy atom. The average Bonchev–Trinajstić information content (AvgIpc) is 3.19. The lowest BCUT2D eigenvalue weighted by atomic mass is 9.96. The summed E-state index contributed by atoms with van der Waals surface area (Å²) in [5, 5.41) is 3.72. The molecule has 0 bridgehead atoms. The zero-order valence-electron chi connectivity index (χ0n) is 13.3. The molecule has 0 aliphatic carbocycles. The number of aryl methyl sites for hydroxylation is 1. The van der Waals surface area contributed by atoms with E-state index in [0.717, 1.165) is 5.75 Å². The highest BCUT2D eigenvalue weighted by Crippen LogP contribution is 2.26. The molecule has 2 atom stereocenters. The fourth-order valence-corrected chi connectivity index (χ4v) is 2.92. The van der Waals surface area contributed by atoms with Crippen LogP contribution in [0.2, 0.25) is 0 Å². The molecule has 2 amide bonds. The lowest BCUT2D eigenvalue weighted by Gasteiger charge is -2.16. The van der Waals surface area contributed by atoms with Crippen molar-refractivity contribution in [2.75, 3.05) is 19.7 Å². The van der Waals surface area contributed by atoms with E-state index in [4.69, 9.17) is 15.0 Å². The van der Waals surface area contributed by atoms with E-state index in [1.807, 2.05) is 30.3 Å². The van der Waals surface area contributed by atoms with Crippen molar-refractivity contribution in [3.05, 3.63) is 47.9 Å². The van der Waals surface area contributed by atoms with Gasteiger partial charge in [0.1, 0.15) is 17.6 Å². The molecule has 1 saturated heterocycles. The monoisotopic (exact) mass is 329 g/mol. The number of nitrogens with two attached hydrogens (primary N) is 1. The first-order valence-corrected chi connectivity index (χ1v) is 7.73. The third kappa shape index (κ3) is 3.24. The van der Waals surface area contributed by atoms with Crippen LogP contribution in [0.25, 0.3) is 0 Å². The number of hydrogen-bond acceptors (Lipinski definition) is 5. The van der Waals surface area contributed by atoms with E-state index in [2.05, 4.69) is 5.16 Å². The van der Waals surface area contributed by atoms with Crippen LogP contribution in [0.4, 0.5) is 0 Å². The van der Waals surface area contributed by atoms with Gasteiger partial charge in [0.15, 0.2) is 0 Å². The molecule has 1 fully saturated rings. The van der Waals surface area contributed by atoms with Crippen LogP contribution in [0.1, 0.15) is 16.1 Å². The molecule has 1 aromatic heterocycles. The van der Waals surface area contributed by atoms with Crippen molar-refractivity contribution in [2.45, 2.75) is 6.92 Å². The maximum Gasteiger partial charge on any atom is 0.259 e. The normalized spacial score (nSPS) is 20.1. The molecule has 7 heteroatoms. The van der Waals surface area contributed by atoms with E-state index >= 15 is 0 Å². The maximum atomic E-state index is 12.5. The van der Waals surface area contributed by atoms with Gasteiger partial charge in [0.2, 0.25) is 5.91 Å². The van der Waals surface area contributed by atoms with Gasteiger partial charge in [-0.1, -0.05) is 23.4 Å². The summed E-state index contributed by atoms with van der Waals surface area (Å²) in [4.78, 5) is 25.9. The smallest absolute Gasteiger partial charge is 0.259 e. The lowest BCUT2D eigenvalue weighted by Crippen LogP contribution is -2.33. The second-order valence-corrected chi connectivity index (χ2v) is 5.92. The van der Waals surface area contributed by atoms with Crippen molar-refractivity contribution in [3.8, 4) is 5.75 Å². The van der Waals surface area contributed by atoms with Crippen LogP contribution >= 0.6 is 0 Å². The Labute approximate surface area is 139 Å². The molecule has 3 rings (SSSR count). The minimum atomic E-state index is -0.433. The van der Waals surface area contributed by atoms with Gasteiger partial charge in [-0.2, -0.15) is 0 Å². The summed E-state index contributed by atoms with van der Waals surface area (Å²) in [6.45, 7) is 2.71. The molecule has 2 heterocycles. The molecular formula is C17H19N3O4. The highest BCUT2D eigenvalue weighted by molar-refractivity contribution is 5.95. The fraction of sp³-hybridized carbons (Fsp3) is 0.353. The van der Waals surface area contributed by atoms with Crippen LogP contribution in [-0.2, 0) is 4.79 Å². The highest BCUT2D eigenvalue weighted by Gasteiger charge is 2.39. The van der Waals surface area contributed by atoms with Crippen LogP contribution < -0.4 is 10.5 Å². The van der Waals surface area contributed by atoms with Crippen LogP contribution in [0.3, 0.4) is 0 Å². The van der Waals surface area contributed by atoms with Gasteiger partial charge < -0.3 is 19.9 Å². The number of carbonyl (C=O) groups is 2. The molecule has 0 spiro atoms. The number of aromatic nitrogens is 1. The number of primary amides is 1. The third-order valence-electron chi connectivity index (χ3n) is 4.28. The van der Waals surface area contributed by atoms with Crippen LogP contribution in [0, 0.1) is 18.8 Å². The second-order valence-electron chi connectivity index (χ2n) is 5.92. The van der Waals surface area contributed by atoms with E-state index in [-0.39, 0.29) is 18.4 Å². The van der Waals surface area contributed by atoms with E-state index in [1.54, 1.807) is 11.8 Å². The molecule has 126 valence electrons. The number of nitrogens with zero attached hydrogens (tertiary/aromatic N) is 2. The largest absolute Gasteiger partial charge is 0.493 e. The zero-order valence-corrected chi connectivity index (χ0v) is 13.3. The number of benzene rings is 1. The Kier molecular flexibility index (Phi) is 4.50. The minimum absolute atomic E-state index is 0.146. The van der Waals surface area contributed by atoms with Gasteiger partial charge in [-0.15, -0.1) is 0 Å². The van der Waals surface area contributed by atoms with E-state index in [9.17, 15) is 9.59 Å². The molecule has 2 aromatic rings. The molecule has 0 saturated carbocycles. The van der Waals surface area contributed by atoms with Crippen molar-refractivity contribution in [1.29, 1.82) is 0 Å². The topological polar surface area (TPSA) is 98.7 Å². The van der Waals surface area contributed by atoms with Gasteiger partial charge in [-0.3, -0.25) is 9.59 Å². The number of ether oxygens (including phenoxy) is 1. The predicted molar refractivity (Wildman–Crippen MR) is 85.3 cm³/mol. The van der Waals surface area contributed by atoms with Gasteiger partial charge >= 0.3 is 0 Å². The lowest BCUT2D eigenvalue weighted by molar-refractivity contribution is -0.122. The number of carbonyl (C=O) groups excluding carboxylic acids is 2. The average molecular weight is 329 g/mol. The summed E-state index contributed by atoms with van der Waals surface area (Å²) in [5.41, 5.74) is 6.44. The number of hydrogen-bond donors (Lipinski definition) is 1. The summed E-state index contributed by atoms with van der Waals surface area (Å²) in [6, 6.07) is 9.34. The predicted octanol–water partition coefficient (Wildman–Crippen LogP) is 1.24. The number of amides is 2. The fourth-order valence-electron chi connectivity index (χ4n) is 2.92. The first-order valence-electron chi connectivity index (χ1n) is 7.73. The number of likely N-dealkylation sites (tertiary alicyclic amines) is 1. The molecule has 7 nitrogen and oxygen atoms in total. The Balaban J connectivity index is 1.69. The summed E-state index contributed by atoms with van der Waals surface area (Å²) < 4.78 is 10.6. The second kappa shape index (κ2) is 6.74. The Hall–Kier alpha value is -2.83. The number of rotatable bonds is 5. The van der Waals surface area contributed by atoms with Crippen molar-refractivity contribution in [1.82, 2.24) is 10.1 Å². The van der Waals surface area contributed by atoms with Crippen molar-refractivity contribution < 1.29 is 18.8 Å². The van der Waals surface area contributed by atoms with Crippen molar-refractivity contribution in [2.24, 2.45) is 17.6 Å². The Morgan fingerprint density at radius 2 is 2.08 bits per heavy atom. The summed E-state index contributed by atoms with van der Waals surface area (Å²) in [6.07, 6.45) is 1.32. The molecule has 1 aromatic carbocycles. The van der Waals surface area contributed by atoms with E-state index in [0.29, 0.717) is 24.4 Å². The molecular weight excluding hydrogens is 310 g/mol. The van der Waals surface area contributed by atoms with Crippen LogP contribution in [-0.4, -0.2) is 41.6 Å². The molecule has 1 aliphatic heterocycles. The quantitative estimate of drug-likeness (QED) is 0.889. The van der Waals surface area contributed by atoms with Gasteiger partial charge in [0.25, 0.3) is 5.91 Å². The van der Waals surface area contributed by atoms with Crippen molar-refractivity contribution in [3.63, 3.8) is 0 Å². The minimum Gasteiger partial charge on any atom is -0.493 e. The molecule has 0 radical (unpaired) electrons. The highest BCUT2D eigenvalue weighted by atomic mass is 16.5. The van der Waals surface area contributed by atoms with E-state index < -0.39 is 11.8 Å². The third-order valence-corrected chi connectivity index (χ3v) is 4.28. The summed E-state index contributed by atoms with van der Waals surface area (Å²) in [5.74, 6) is -0.485. The SMILES string of the molecule is Cc1nocc1C(=O)N1C[C@@H](COc2ccccc2)[C@H](C(N)=O)C1. The first-order chi connectivity index (χ1) is 11.6. The summed E-state index contributed by atoms with van der Waals surface area (Å²) in [7, 11) is 0. The Bertz CT molecular complexity index is 728. The standard InChI is InChI=1S/C17H19N3O4/c1-11-15(10-24-19-11)17(22)20-7-12(14(8-20)16(18)21)9-23-13-5-3-2-4-6-13/h2-6,10,12,14H,7-9H2,1H3,(H2,18,21)/t12-,14+/m0/s1. The molecule has 2 N–H and O–H groups in total. The Morgan fingerprint density at radius 3 is 2.71 bits per heavy atom. The summed E-state index contributed by atoms with van der Waals surface area (Å²) >= 11 is 0. The number of para-hydroxylation sites is 1. The first kappa shape index (κ1) is 16.0. The molecule has 1 aliphatic rings. The van der Waals surface area contributed by atoms with Crippen molar-refractivity contribution >= 4 is 11.8 Å². The van der Waals surface area contributed by atoms with Gasteiger partial charge in [-0.05, 0) is 19.1 Å². The van der Waals surface area contributed by atoms with Crippen LogP contribution in [0.5, 0.6) is 5.75 Å². The zero-order chi connectivity index (χ0) is 17.1. The van der Waals surface area contributed by atoms with Crippen LogP contribution in [0.15, 0.2) is 41.1 Å². The van der Waals surface area contributed by atoms with Gasteiger partial charge in [0.05, 0.1) is 18.2 Å². The molecule has 0 unspecified atom stereocenters.